The van der Waals surface area contributed by atoms with Crippen LogP contribution in [-0.4, -0.2) is 30.8 Å². The van der Waals surface area contributed by atoms with Gasteiger partial charge < -0.3 is 10.1 Å². The molecule has 21 heavy (non-hydrogen) atoms. The van der Waals surface area contributed by atoms with E-state index in [0.717, 1.165) is 10.0 Å². The molecule has 1 aromatic rings. The van der Waals surface area contributed by atoms with Crippen LogP contribution in [0, 0.1) is 0 Å². The van der Waals surface area contributed by atoms with Gasteiger partial charge in [-0.2, -0.15) is 0 Å². The van der Waals surface area contributed by atoms with Gasteiger partial charge in [-0.25, -0.2) is 0 Å². The topological polar surface area (TPSA) is 62.4 Å². The molecule has 0 aromatic heterocycles. The number of hydrogen-bond acceptors (Lipinski definition) is 3. The molecule has 1 aromatic carbocycles. The number of rotatable bonds is 5. The summed E-state index contributed by atoms with van der Waals surface area (Å²) in [6, 6.07) is 7.68. The summed E-state index contributed by atoms with van der Waals surface area (Å²) in [6.07, 6.45) is 3.14. The summed E-state index contributed by atoms with van der Waals surface area (Å²) in [5, 5.41) is 3.31. The van der Waals surface area contributed by atoms with Crippen molar-refractivity contribution in [3.8, 4) is 0 Å². The first-order chi connectivity index (χ1) is 10.0. The first kappa shape index (κ1) is 17.6. The minimum atomic E-state index is -0.290. The minimum absolute atomic E-state index is 0.0604. The molecule has 7 heteroatoms. The molecule has 1 rings (SSSR count). The molecule has 0 saturated heterocycles. The highest BCUT2D eigenvalue weighted by Crippen LogP contribution is 2.11. The maximum Gasteiger partial charge on any atom is 0.262 e. The second-order valence-corrected chi connectivity index (χ2v) is 5.65. The fourth-order valence-corrected chi connectivity index (χ4v) is 1.97. The van der Waals surface area contributed by atoms with Crippen molar-refractivity contribution in [2.75, 3.05) is 13.7 Å². The Morgan fingerprint density at radius 3 is 2.67 bits per heavy atom. The number of ether oxygens (including phenoxy) is 1. The van der Waals surface area contributed by atoms with Crippen LogP contribution in [0.4, 0.5) is 0 Å². The van der Waals surface area contributed by atoms with Crippen molar-refractivity contribution in [1.29, 1.82) is 0 Å². The maximum absolute atomic E-state index is 11.6. The van der Waals surface area contributed by atoms with Crippen LogP contribution in [0.3, 0.4) is 0 Å². The van der Waals surface area contributed by atoms with Crippen LogP contribution in [0.5, 0.6) is 0 Å². The van der Waals surface area contributed by atoms with Crippen molar-refractivity contribution in [3.05, 3.63) is 40.4 Å². The Kier molecular flexibility index (Phi) is 7.96. The smallest absolute Gasteiger partial charge is 0.262 e. The number of carbonyl (C=O) groups excluding carboxylic acids is 1. The van der Waals surface area contributed by atoms with E-state index >= 15 is 0 Å². The largest absolute Gasteiger partial charge is 0.383 e. The van der Waals surface area contributed by atoms with E-state index in [0.29, 0.717) is 11.7 Å². The van der Waals surface area contributed by atoms with Crippen LogP contribution in [0.2, 0.25) is 0 Å². The van der Waals surface area contributed by atoms with Gasteiger partial charge in [0.25, 0.3) is 5.91 Å². The normalized spacial score (nSPS) is 12.0. The van der Waals surface area contributed by atoms with Crippen molar-refractivity contribution in [2.45, 2.75) is 13.0 Å². The van der Waals surface area contributed by atoms with Gasteiger partial charge in [-0.1, -0.05) is 28.1 Å². The number of halogens is 1. The third-order valence-electron chi connectivity index (χ3n) is 2.39. The number of amides is 1. The molecule has 114 valence electrons. The van der Waals surface area contributed by atoms with Crippen molar-refractivity contribution in [2.24, 2.45) is 0 Å². The number of benzene rings is 1. The van der Waals surface area contributed by atoms with Crippen molar-refractivity contribution >= 4 is 45.2 Å². The van der Waals surface area contributed by atoms with Crippen LogP contribution in [-0.2, 0) is 9.53 Å². The predicted molar refractivity (Wildman–Crippen MR) is 91.5 cm³/mol. The summed E-state index contributed by atoms with van der Waals surface area (Å²) < 4.78 is 5.97. The van der Waals surface area contributed by atoms with Gasteiger partial charge in [0, 0.05) is 23.7 Å². The van der Waals surface area contributed by atoms with Gasteiger partial charge in [0.15, 0.2) is 5.11 Å². The van der Waals surface area contributed by atoms with Gasteiger partial charge in [-0.15, -0.1) is 0 Å². The fourth-order valence-electron chi connectivity index (χ4n) is 1.46. The molecule has 0 aliphatic heterocycles. The molecule has 0 saturated carbocycles. The Labute approximate surface area is 138 Å². The van der Waals surface area contributed by atoms with E-state index < -0.39 is 0 Å². The molecule has 0 bridgehead atoms. The van der Waals surface area contributed by atoms with Gasteiger partial charge in [0.05, 0.1) is 6.61 Å². The fraction of sp³-hybridized carbons (Fsp3) is 0.286. The lowest BCUT2D eigenvalue weighted by molar-refractivity contribution is -0.116. The highest BCUT2D eigenvalue weighted by molar-refractivity contribution is 9.10. The summed E-state index contributed by atoms with van der Waals surface area (Å²) in [5.74, 6) is -0.290. The number of hydrazine groups is 1. The first-order valence-corrected chi connectivity index (χ1v) is 7.50. The highest BCUT2D eigenvalue weighted by Gasteiger charge is 2.03. The van der Waals surface area contributed by atoms with E-state index in [-0.39, 0.29) is 11.9 Å². The monoisotopic (exact) mass is 371 g/mol. The lowest BCUT2D eigenvalue weighted by Gasteiger charge is -2.15. The summed E-state index contributed by atoms with van der Waals surface area (Å²) >= 11 is 8.39. The molecule has 3 N–H and O–H groups in total. The molecule has 0 fully saturated rings. The molecule has 5 nitrogen and oxygen atoms in total. The first-order valence-electron chi connectivity index (χ1n) is 6.30. The van der Waals surface area contributed by atoms with Gasteiger partial charge >= 0.3 is 0 Å². The van der Waals surface area contributed by atoms with E-state index in [1.165, 1.54) is 6.08 Å². The summed E-state index contributed by atoms with van der Waals surface area (Å²) in [4.78, 5) is 11.6. The zero-order valence-corrected chi connectivity index (χ0v) is 14.3. The van der Waals surface area contributed by atoms with Crippen molar-refractivity contribution < 1.29 is 9.53 Å². The average molecular weight is 372 g/mol. The Balaban J connectivity index is 2.33. The van der Waals surface area contributed by atoms with Crippen LogP contribution in [0.1, 0.15) is 12.5 Å². The SMILES string of the molecule is COC[C@H](C)NC(=S)NNC(=O)/C=C/c1ccc(Br)cc1. The molecule has 1 atom stereocenters. The van der Waals surface area contributed by atoms with E-state index in [2.05, 4.69) is 32.1 Å². The lowest BCUT2D eigenvalue weighted by atomic mass is 10.2. The Hall–Kier alpha value is -1.44. The molecular weight excluding hydrogens is 354 g/mol. The van der Waals surface area contributed by atoms with Crippen molar-refractivity contribution in [1.82, 2.24) is 16.2 Å². The summed E-state index contributed by atoms with van der Waals surface area (Å²) in [5.41, 5.74) is 6.04. The molecule has 0 aliphatic rings. The van der Waals surface area contributed by atoms with Gasteiger partial charge in [0.2, 0.25) is 0 Å². The molecule has 0 aliphatic carbocycles. The van der Waals surface area contributed by atoms with E-state index in [1.54, 1.807) is 13.2 Å². The molecule has 0 heterocycles. The lowest BCUT2D eigenvalue weighted by Crippen LogP contribution is -2.49. The summed E-state index contributed by atoms with van der Waals surface area (Å²) in [7, 11) is 1.61. The van der Waals surface area contributed by atoms with Crippen LogP contribution < -0.4 is 16.2 Å². The predicted octanol–water partition coefficient (Wildman–Crippen LogP) is 1.99. The third kappa shape index (κ3) is 7.79. The number of carbonyl (C=O) groups is 1. The number of hydrogen-bond donors (Lipinski definition) is 3. The van der Waals surface area contributed by atoms with Crippen LogP contribution >= 0.6 is 28.1 Å². The molecular formula is C14H18BrN3O2S. The van der Waals surface area contributed by atoms with Gasteiger partial charge in [-0.3, -0.25) is 15.6 Å². The Bertz CT molecular complexity index is 505. The number of nitrogens with one attached hydrogen (secondary N) is 3. The Morgan fingerprint density at radius 1 is 1.38 bits per heavy atom. The molecule has 1 amide bonds. The summed E-state index contributed by atoms with van der Waals surface area (Å²) in [6.45, 7) is 2.45. The minimum Gasteiger partial charge on any atom is -0.383 e. The second-order valence-electron chi connectivity index (χ2n) is 4.33. The molecule has 0 radical (unpaired) electrons. The van der Waals surface area contributed by atoms with Gasteiger partial charge in [0.1, 0.15) is 0 Å². The number of thiocarbonyl (C=S) groups is 1. The van der Waals surface area contributed by atoms with E-state index in [1.807, 2.05) is 31.2 Å². The quantitative estimate of drug-likeness (QED) is 0.419. The van der Waals surface area contributed by atoms with Crippen LogP contribution in [0.25, 0.3) is 6.08 Å². The second kappa shape index (κ2) is 9.49. The number of methoxy groups -OCH3 is 1. The average Bonchev–Trinajstić information content (AvgIpc) is 2.44. The highest BCUT2D eigenvalue weighted by atomic mass is 79.9. The van der Waals surface area contributed by atoms with Gasteiger partial charge in [-0.05, 0) is 42.9 Å². The van der Waals surface area contributed by atoms with Crippen molar-refractivity contribution in [3.63, 3.8) is 0 Å². The van der Waals surface area contributed by atoms with Crippen LogP contribution in [0.15, 0.2) is 34.8 Å². The standard InChI is InChI=1S/C14H18BrN3O2S/c1-10(9-20-2)16-14(21)18-17-13(19)8-5-11-3-6-12(15)7-4-11/h3-8,10H,9H2,1-2H3,(H,17,19)(H2,16,18,21)/b8-5+/t10-/m0/s1. The third-order valence-corrected chi connectivity index (χ3v) is 3.14. The maximum atomic E-state index is 11.6. The molecule has 0 unspecified atom stereocenters. The molecule has 0 spiro atoms. The van der Waals surface area contributed by atoms with E-state index in [4.69, 9.17) is 17.0 Å². The Morgan fingerprint density at radius 2 is 2.05 bits per heavy atom. The van der Waals surface area contributed by atoms with E-state index in [9.17, 15) is 4.79 Å². The zero-order chi connectivity index (χ0) is 15.7. The zero-order valence-electron chi connectivity index (χ0n) is 11.9.